The molecular formula is C24H23ClFN5O6. The number of hydrogen-bond acceptors (Lipinski definition) is 8. The van der Waals surface area contributed by atoms with E-state index in [2.05, 4.69) is 20.0 Å². The summed E-state index contributed by atoms with van der Waals surface area (Å²) in [5.74, 6) is -3.11. The molecule has 0 saturated carbocycles. The van der Waals surface area contributed by atoms with Gasteiger partial charge >= 0.3 is 17.3 Å². The third-order valence-corrected chi connectivity index (χ3v) is 6.30. The average molecular weight is 532 g/mol. The van der Waals surface area contributed by atoms with Gasteiger partial charge in [-0.15, -0.1) is 0 Å². The van der Waals surface area contributed by atoms with Crippen molar-refractivity contribution in [1.82, 2.24) is 19.3 Å². The maximum atomic E-state index is 14.7. The van der Waals surface area contributed by atoms with Crippen LogP contribution in [0.15, 0.2) is 67.4 Å². The molecule has 0 fully saturated rings. The minimum Gasteiger partial charge on any atom is -0.481 e. The van der Waals surface area contributed by atoms with Crippen LogP contribution in [-0.4, -0.2) is 30.4 Å². The molecule has 1 aliphatic carbocycles. The number of aliphatic carboxylic acids is 1. The summed E-state index contributed by atoms with van der Waals surface area (Å²) in [6.07, 6.45) is 5.93. The number of aromatic nitrogens is 4. The largest absolute Gasteiger partial charge is 0.481 e. The number of ether oxygens (including phenoxy) is 1. The average Bonchev–Trinajstić information content (AvgIpc) is 3.37. The molecule has 37 heavy (non-hydrogen) atoms. The molecule has 3 aromatic rings. The third-order valence-electron chi connectivity index (χ3n) is 5.98. The third kappa shape index (κ3) is 5.80. The van der Waals surface area contributed by atoms with Crippen LogP contribution in [0.5, 0.6) is 11.6 Å². The minimum absolute atomic E-state index is 0.0547. The Morgan fingerprint density at radius 2 is 2.05 bits per heavy atom. The molecule has 2 N–H and O–H groups in total. The van der Waals surface area contributed by atoms with Crippen molar-refractivity contribution in [2.24, 2.45) is 5.92 Å². The number of hydrogen-bond donors (Lipinski definition) is 2. The van der Waals surface area contributed by atoms with Crippen molar-refractivity contribution in [3.63, 3.8) is 0 Å². The molecule has 0 unspecified atom stereocenters. The molecule has 194 valence electrons. The Bertz CT molecular complexity index is 1490. The molecule has 1 aliphatic rings. The molecule has 13 heteroatoms. The van der Waals surface area contributed by atoms with Gasteiger partial charge in [-0.05, 0) is 55.6 Å². The lowest BCUT2D eigenvalue weighted by atomic mass is 10.0. The lowest BCUT2D eigenvalue weighted by molar-refractivity contribution is -0.142. The van der Waals surface area contributed by atoms with Gasteiger partial charge < -0.3 is 19.7 Å². The fraction of sp³-hybridized carbons (Fsp3) is 0.292. The van der Waals surface area contributed by atoms with Gasteiger partial charge in [-0.1, -0.05) is 17.7 Å². The highest BCUT2D eigenvalue weighted by Crippen LogP contribution is 2.27. The van der Waals surface area contributed by atoms with Crippen LogP contribution in [0.4, 0.5) is 16.0 Å². The Morgan fingerprint density at radius 3 is 2.68 bits per heavy atom. The number of benzene rings is 1. The van der Waals surface area contributed by atoms with Gasteiger partial charge in [-0.2, -0.15) is 4.98 Å². The minimum atomic E-state index is -1.16. The summed E-state index contributed by atoms with van der Waals surface area (Å²) >= 11 is 6.05. The molecular weight excluding hydrogens is 509 g/mol. The van der Waals surface area contributed by atoms with E-state index < -0.39 is 35.1 Å². The van der Waals surface area contributed by atoms with Crippen molar-refractivity contribution in [2.75, 3.05) is 5.32 Å². The second-order valence-corrected chi connectivity index (χ2v) is 8.96. The number of carboxylic acids is 1. The van der Waals surface area contributed by atoms with Gasteiger partial charge in [0.2, 0.25) is 5.95 Å². The summed E-state index contributed by atoms with van der Waals surface area (Å²) < 4.78 is 26.7. The molecule has 4 rings (SSSR count). The van der Waals surface area contributed by atoms with E-state index in [9.17, 15) is 23.9 Å². The van der Waals surface area contributed by atoms with Crippen LogP contribution in [0.2, 0.25) is 0 Å². The summed E-state index contributed by atoms with van der Waals surface area (Å²) in [5, 5.41) is 16.4. The van der Waals surface area contributed by atoms with E-state index in [1.54, 1.807) is 12.2 Å². The zero-order chi connectivity index (χ0) is 26.7. The van der Waals surface area contributed by atoms with Gasteiger partial charge in [-0.3, -0.25) is 9.36 Å². The molecule has 2 aromatic heterocycles. The first-order chi connectivity index (χ1) is 17.6. The van der Waals surface area contributed by atoms with Gasteiger partial charge in [0, 0.05) is 22.9 Å². The summed E-state index contributed by atoms with van der Waals surface area (Å²) in [4.78, 5) is 41.8. The molecule has 2 heterocycles. The van der Waals surface area contributed by atoms with Crippen LogP contribution in [0.1, 0.15) is 32.7 Å². The first-order valence-corrected chi connectivity index (χ1v) is 11.7. The number of nitrogens with one attached hydrogen (secondary N) is 1. The molecule has 0 radical (unpaired) electrons. The van der Waals surface area contributed by atoms with E-state index in [0.717, 1.165) is 16.2 Å². The van der Waals surface area contributed by atoms with Crippen LogP contribution in [0.25, 0.3) is 0 Å². The predicted octanol–water partition coefficient (Wildman–Crippen LogP) is 4.19. The summed E-state index contributed by atoms with van der Waals surface area (Å²) in [7, 11) is 0. The number of anilines is 2. The number of allylic oxidation sites excluding steroid dienone is 4. The highest BCUT2D eigenvalue weighted by molar-refractivity contribution is 6.29. The maximum absolute atomic E-state index is 14.7. The fourth-order valence-electron chi connectivity index (χ4n) is 3.67. The second kappa shape index (κ2) is 10.8. The van der Waals surface area contributed by atoms with Gasteiger partial charge in [0.05, 0.1) is 18.5 Å². The Morgan fingerprint density at radius 1 is 1.27 bits per heavy atom. The topological polar surface area (TPSA) is 141 Å². The van der Waals surface area contributed by atoms with Gasteiger partial charge in [-0.25, -0.2) is 18.5 Å². The number of rotatable bonds is 9. The first kappa shape index (κ1) is 25.9. The van der Waals surface area contributed by atoms with Crippen molar-refractivity contribution < 1.29 is 23.6 Å². The highest BCUT2D eigenvalue weighted by atomic mass is 35.5. The van der Waals surface area contributed by atoms with Crippen LogP contribution < -0.4 is 21.4 Å². The Hall–Kier alpha value is -4.19. The van der Waals surface area contributed by atoms with E-state index >= 15 is 0 Å². The zero-order valence-electron chi connectivity index (χ0n) is 19.9. The number of nitrogens with zero attached hydrogens (tertiary/aromatic N) is 4. The van der Waals surface area contributed by atoms with E-state index in [4.69, 9.17) is 16.3 Å². The molecule has 2 atom stereocenters. The predicted molar refractivity (Wildman–Crippen MR) is 132 cm³/mol. The van der Waals surface area contributed by atoms with Crippen LogP contribution in [-0.2, 0) is 11.3 Å². The Kier molecular flexibility index (Phi) is 7.58. The highest BCUT2D eigenvalue weighted by Gasteiger charge is 2.26. The standard InChI is InChI=1S/C24H23ClFN5O6/c1-13(21(32)33)14(2)31-23(34)28-22(30(24(31)35)12-15-3-5-16(25)6-4-15)27-17-7-8-19(18(26)11-17)37-20-9-10-36-29-20/h3,5,7-11,13-14H,4,6,12H2,1-2H3,(H,32,33)(H,27,28,34)/t13-,14+/m1/s1. The SMILES string of the molecule is C[C@@H](C(=O)O)[C@H](C)n1c(=O)nc(Nc2ccc(Oc3ccon3)c(F)c2)n(CC2=CC=C(Cl)CC2)c1=O. The first-order valence-electron chi connectivity index (χ1n) is 11.3. The van der Waals surface area contributed by atoms with Crippen LogP contribution >= 0.6 is 11.6 Å². The van der Waals surface area contributed by atoms with Gasteiger partial charge in [0.25, 0.3) is 5.88 Å². The molecule has 1 aromatic carbocycles. The molecule has 0 saturated heterocycles. The molecule has 0 amide bonds. The molecule has 0 spiro atoms. The van der Waals surface area contributed by atoms with E-state index in [0.29, 0.717) is 17.9 Å². The lowest BCUT2D eigenvalue weighted by Gasteiger charge is -2.22. The lowest BCUT2D eigenvalue weighted by Crippen LogP contribution is -2.46. The Balaban J connectivity index is 1.73. The fourth-order valence-corrected chi connectivity index (χ4v) is 3.83. The van der Waals surface area contributed by atoms with Crippen LogP contribution in [0.3, 0.4) is 0 Å². The smallest absolute Gasteiger partial charge is 0.355 e. The summed E-state index contributed by atoms with van der Waals surface area (Å²) in [5.41, 5.74) is -0.661. The van der Waals surface area contributed by atoms with Gasteiger partial charge in [0.1, 0.15) is 6.26 Å². The molecule has 0 aliphatic heterocycles. The second-order valence-electron chi connectivity index (χ2n) is 8.47. The van der Waals surface area contributed by atoms with E-state index in [1.807, 2.05) is 0 Å². The Labute approximate surface area is 214 Å². The number of halogens is 2. The monoisotopic (exact) mass is 531 g/mol. The van der Waals surface area contributed by atoms with Crippen molar-refractivity contribution in [3.8, 4) is 11.6 Å². The normalized spacial score (nSPS) is 14.9. The van der Waals surface area contributed by atoms with Crippen LogP contribution in [0, 0.1) is 11.7 Å². The van der Waals surface area contributed by atoms with Crippen molar-refractivity contribution in [3.05, 3.63) is 80.1 Å². The summed E-state index contributed by atoms with van der Waals surface area (Å²) in [6.45, 7) is 2.92. The maximum Gasteiger partial charge on any atom is 0.355 e. The summed E-state index contributed by atoms with van der Waals surface area (Å²) in [6, 6.07) is 4.36. The van der Waals surface area contributed by atoms with Gasteiger partial charge in [0.15, 0.2) is 11.6 Å². The number of carbonyl (C=O) groups is 1. The van der Waals surface area contributed by atoms with E-state index in [1.165, 1.54) is 42.9 Å². The molecule has 11 nitrogen and oxygen atoms in total. The van der Waals surface area contributed by atoms with Crippen molar-refractivity contribution >= 4 is 29.2 Å². The van der Waals surface area contributed by atoms with Crippen molar-refractivity contribution in [1.29, 1.82) is 0 Å². The van der Waals surface area contributed by atoms with E-state index in [-0.39, 0.29) is 29.8 Å². The van der Waals surface area contributed by atoms with Crippen molar-refractivity contribution in [2.45, 2.75) is 39.3 Å². The zero-order valence-corrected chi connectivity index (χ0v) is 20.6. The molecule has 0 bridgehead atoms. The quantitative estimate of drug-likeness (QED) is 0.415. The number of carboxylic acid groups (broad SMARTS) is 1.